The zero-order valence-corrected chi connectivity index (χ0v) is 17.1. The third-order valence-electron chi connectivity index (χ3n) is 4.34. The SMILES string of the molecule is CCOc1cc(NC(=O)NOC)ccc1-c1nnc(N(C)c2ccc(F)cc2)n1C. The van der Waals surface area contributed by atoms with Crippen LogP contribution in [0.25, 0.3) is 11.4 Å². The summed E-state index contributed by atoms with van der Waals surface area (Å²) in [7, 11) is 5.01. The van der Waals surface area contributed by atoms with E-state index in [2.05, 4.69) is 25.8 Å². The number of halogens is 1. The predicted molar refractivity (Wildman–Crippen MR) is 111 cm³/mol. The lowest BCUT2D eigenvalue weighted by molar-refractivity contribution is 0.114. The van der Waals surface area contributed by atoms with Crippen molar-refractivity contribution in [3.63, 3.8) is 0 Å². The van der Waals surface area contributed by atoms with E-state index in [1.54, 1.807) is 35.2 Å². The quantitative estimate of drug-likeness (QED) is 0.575. The summed E-state index contributed by atoms with van der Waals surface area (Å²) in [5.74, 6) is 1.38. The summed E-state index contributed by atoms with van der Waals surface area (Å²) in [6.45, 7) is 2.30. The number of anilines is 3. The highest BCUT2D eigenvalue weighted by atomic mass is 19.1. The molecule has 2 amide bonds. The van der Waals surface area contributed by atoms with Gasteiger partial charge in [0.15, 0.2) is 5.82 Å². The first-order valence-electron chi connectivity index (χ1n) is 9.20. The second-order valence-corrected chi connectivity index (χ2v) is 6.32. The van der Waals surface area contributed by atoms with E-state index >= 15 is 0 Å². The highest BCUT2D eigenvalue weighted by molar-refractivity contribution is 5.89. The summed E-state index contributed by atoms with van der Waals surface area (Å²) in [6, 6.07) is 10.8. The van der Waals surface area contributed by atoms with Crippen molar-refractivity contribution < 1.29 is 18.8 Å². The van der Waals surface area contributed by atoms with E-state index in [-0.39, 0.29) is 5.82 Å². The minimum Gasteiger partial charge on any atom is -0.493 e. The number of nitrogens with one attached hydrogen (secondary N) is 2. The molecule has 0 aliphatic rings. The zero-order valence-electron chi connectivity index (χ0n) is 17.1. The predicted octanol–water partition coefficient (Wildman–Crippen LogP) is 3.47. The number of hydrogen-bond acceptors (Lipinski definition) is 6. The molecule has 3 rings (SSSR count). The Morgan fingerprint density at radius 1 is 1.20 bits per heavy atom. The van der Waals surface area contributed by atoms with Gasteiger partial charge < -0.3 is 15.0 Å². The second kappa shape index (κ2) is 9.23. The molecule has 0 aliphatic heterocycles. The van der Waals surface area contributed by atoms with Gasteiger partial charge in [-0.2, -0.15) is 0 Å². The van der Waals surface area contributed by atoms with Crippen molar-refractivity contribution >= 4 is 23.4 Å². The second-order valence-electron chi connectivity index (χ2n) is 6.32. The summed E-state index contributed by atoms with van der Waals surface area (Å²) < 4.78 is 20.8. The fourth-order valence-corrected chi connectivity index (χ4v) is 2.94. The summed E-state index contributed by atoms with van der Waals surface area (Å²) in [5.41, 5.74) is 4.20. The molecule has 0 atom stereocenters. The van der Waals surface area contributed by atoms with E-state index in [1.165, 1.54) is 19.2 Å². The maximum absolute atomic E-state index is 13.2. The molecule has 0 fully saturated rings. The van der Waals surface area contributed by atoms with Crippen molar-refractivity contribution in [2.75, 3.05) is 31.0 Å². The summed E-state index contributed by atoms with van der Waals surface area (Å²) in [4.78, 5) is 18.1. The lowest BCUT2D eigenvalue weighted by atomic mass is 10.1. The van der Waals surface area contributed by atoms with Crippen LogP contribution in [0, 0.1) is 5.82 Å². The first kappa shape index (κ1) is 21.1. The smallest absolute Gasteiger partial charge is 0.343 e. The van der Waals surface area contributed by atoms with Gasteiger partial charge in [0.1, 0.15) is 11.6 Å². The molecule has 0 spiro atoms. The van der Waals surface area contributed by atoms with E-state index in [9.17, 15) is 9.18 Å². The highest BCUT2D eigenvalue weighted by Crippen LogP contribution is 2.33. The van der Waals surface area contributed by atoms with E-state index in [4.69, 9.17) is 4.74 Å². The first-order valence-corrected chi connectivity index (χ1v) is 9.20. The molecular formula is C20H23FN6O3. The lowest BCUT2D eigenvalue weighted by Crippen LogP contribution is -2.27. The fourth-order valence-electron chi connectivity index (χ4n) is 2.94. The number of urea groups is 1. The van der Waals surface area contributed by atoms with E-state index in [0.29, 0.717) is 35.4 Å². The van der Waals surface area contributed by atoms with Crippen molar-refractivity contribution in [1.29, 1.82) is 0 Å². The Morgan fingerprint density at radius 3 is 2.60 bits per heavy atom. The largest absolute Gasteiger partial charge is 0.493 e. The van der Waals surface area contributed by atoms with Crippen LogP contribution in [0.3, 0.4) is 0 Å². The van der Waals surface area contributed by atoms with Crippen LogP contribution in [0.1, 0.15) is 6.92 Å². The van der Waals surface area contributed by atoms with Crippen molar-refractivity contribution in [3.8, 4) is 17.1 Å². The van der Waals surface area contributed by atoms with E-state index < -0.39 is 6.03 Å². The van der Waals surface area contributed by atoms with E-state index in [1.807, 2.05) is 25.6 Å². The molecule has 1 heterocycles. The molecule has 10 heteroatoms. The molecular weight excluding hydrogens is 391 g/mol. The number of amides is 2. The normalized spacial score (nSPS) is 10.6. The van der Waals surface area contributed by atoms with Crippen molar-refractivity contribution in [1.82, 2.24) is 20.2 Å². The third-order valence-corrected chi connectivity index (χ3v) is 4.34. The summed E-state index contributed by atoms with van der Waals surface area (Å²) >= 11 is 0. The molecule has 2 N–H and O–H groups in total. The zero-order chi connectivity index (χ0) is 21.7. The number of hydroxylamine groups is 1. The van der Waals surface area contributed by atoms with Gasteiger partial charge in [0, 0.05) is 31.5 Å². The Morgan fingerprint density at radius 2 is 1.93 bits per heavy atom. The molecule has 0 saturated heterocycles. The first-order chi connectivity index (χ1) is 14.4. The van der Waals surface area contributed by atoms with Crippen molar-refractivity contribution in [3.05, 3.63) is 48.3 Å². The van der Waals surface area contributed by atoms with Gasteiger partial charge in [0.05, 0.1) is 19.3 Å². The van der Waals surface area contributed by atoms with Gasteiger partial charge in [-0.15, -0.1) is 10.2 Å². The minimum atomic E-state index is -0.505. The number of rotatable bonds is 7. The maximum Gasteiger partial charge on any atom is 0.343 e. The highest BCUT2D eigenvalue weighted by Gasteiger charge is 2.19. The number of ether oxygens (including phenoxy) is 1. The van der Waals surface area contributed by atoms with Crippen LogP contribution >= 0.6 is 0 Å². The monoisotopic (exact) mass is 414 g/mol. The van der Waals surface area contributed by atoms with Crippen molar-refractivity contribution in [2.24, 2.45) is 7.05 Å². The number of hydrogen-bond donors (Lipinski definition) is 2. The Hall–Kier alpha value is -3.66. The van der Waals surface area contributed by atoms with E-state index in [0.717, 1.165) is 5.69 Å². The van der Waals surface area contributed by atoms with Gasteiger partial charge in [0.25, 0.3) is 0 Å². The number of aromatic nitrogens is 3. The Labute approximate surface area is 173 Å². The summed E-state index contributed by atoms with van der Waals surface area (Å²) in [6.07, 6.45) is 0. The van der Waals surface area contributed by atoms with Gasteiger partial charge in [0.2, 0.25) is 5.95 Å². The molecule has 1 aromatic heterocycles. The lowest BCUT2D eigenvalue weighted by Gasteiger charge is -2.18. The van der Waals surface area contributed by atoms with Gasteiger partial charge in [-0.25, -0.2) is 14.7 Å². The Bertz CT molecular complexity index is 1020. The topological polar surface area (TPSA) is 93.5 Å². The maximum atomic E-state index is 13.2. The van der Waals surface area contributed by atoms with Crippen LogP contribution in [-0.2, 0) is 11.9 Å². The molecule has 0 unspecified atom stereocenters. The number of carbonyl (C=O) groups excluding carboxylic acids is 1. The third kappa shape index (κ3) is 4.49. The molecule has 0 bridgehead atoms. The van der Waals surface area contributed by atoms with Crippen LogP contribution in [0.4, 0.5) is 26.5 Å². The molecule has 0 aliphatic carbocycles. The number of benzene rings is 2. The Balaban J connectivity index is 1.93. The van der Waals surface area contributed by atoms with Crippen LogP contribution in [-0.4, -0.2) is 41.6 Å². The van der Waals surface area contributed by atoms with Crippen LogP contribution < -0.4 is 20.4 Å². The van der Waals surface area contributed by atoms with Crippen molar-refractivity contribution in [2.45, 2.75) is 6.92 Å². The average Bonchev–Trinajstić information content (AvgIpc) is 3.10. The average molecular weight is 414 g/mol. The fraction of sp³-hybridized carbons (Fsp3) is 0.250. The summed E-state index contributed by atoms with van der Waals surface area (Å²) in [5, 5.41) is 11.2. The molecule has 30 heavy (non-hydrogen) atoms. The van der Waals surface area contributed by atoms with Gasteiger partial charge >= 0.3 is 6.03 Å². The standard InChI is InChI=1S/C20H23FN6O3/c1-5-30-17-12-14(22-19(28)25-29-4)8-11-16(17)18-23-24-20(27(18)3)26(2)15-9-6-13(21)7-10-15/h6-12H,5H2,1-4H3,(H2,22,25,28). The number of carbonyl (C=O) groups is 1. The minimum absolute atomic E-state index is 0.306. The number of nitrogens with zero attached hydrogens (tertiary/aromatic N) is 4. The molecule has 2 aromatic carbocycles. The van der Waals surface area contributed by atoms with Crippen LogP contribution in [0.15, 0.2) is 42.5 Å². The molecule has 0 saturated carbocycles. The molecule has 0 radical (unpaired) electrons. The van der Waals surface area contributed by atoms with Gasteiger partial charge in [-0.3, -0.25) is 9.40 Å². The molecule has 9 nitrogen and oxygen atoms in total. The van der Waals surface area contributed by atoms with Gasteiger partial charge in [-0.1, -0.05) is 0 Å². The van der Waals surface area contributed by atoms with Crippen LogP contribution in [0.5, 0.6) is 5.75 Å². The molecule has 158 valence electrons. The molecule has 3 aromatic rings. The van der Waals surface area contributed by atoms with Crippen LogP contribution in [0.2, 0.25) is 0 Å². The Kier molecular flexibility index (Phi) is 6.48. The van der Waals surface area contributed by atoms with Gasteiger partial charge in [-0.05, 0) is 43.3 Å².